The molecule has 1 aliphatic heterocycles. The topological polar surface area (TPSA) is 29.5 Å². The van der Waals surface area contributed by atoms with Crippen LogP contribution in [0, 0.1) is 0 Å². The molecule has 1 amide bonds. The van der Waals surface area contributed by atoms with Crippen molar-refractivity contribution in [2.24, 2.45) is 0 Å². The number of carbonyl (C=O) groups excluding carboxylic acids is 1. The molecule has 0 aromatic heterocycles. The Morgan fingerprint density at radius 3 is 1.82 bits per heavy atom. The SMILES string of the molecule is CCCCCCCCCCCCCCC[C@@H]1CCCCN1C(=O)OC(C)(C)C. The fourth-order valence-corrected chi connectivity index (χ4v) is 4.26. The molecule has 0 aromatic carbocycles. The molecule has 1 fully saturated rings. The molecule has 0 unspecified atom stereocenters. The van der Waals surface area contributed by atoms with Crippen LogP contribution in [-0.2, 0) is 4.74 Å². The lowest BCUT2D eigenvalue weighted by Crippen LogP contribution is -2.46. The van der Waals surface area contributed by atoms with Crippen molar-refractivity contribution >= 4 is 6.09 Å². The summed E-state index contributed by atoms with van der Waals surface area (Å²) in [6.45, 7) is 9.02. The van der Waals surface area contributed by atoms with E-state index in [0.29, 0.717) is 6.04 Å². The van der Waals surface area contributed by atoms with E-state index in [4.69, 9.17) is 4.74 Å². The number of hydrogen-bond acceptors (Lipinski definition) is 2. The number of unbranched alkanes of at least 4 members (excludes halogenated alkanes) is 12. The van der Waals surface area contributed by atoms with Crippen LogP contribution >= 0.6 is 0 Å². The zero-order valence-electron chi connectivity index (χ0n) is 19.6. The first-order chi connectivity index (χ1) is 13.4. The lowest BCUT2D eigenvalue weighted by atomic mass is 9.96. The number of likely N-dealkylation sites (tertiary alicyclic amines) is 1. The predicted octanol–water partition coefficient (Wildman–Crippen LogP) is 8.26. The molecule has 0 spiro atoms. The minimum Gasteiger partial charge on any atom is -0.444 e. The lowest BCUT2D eigenvalue weighted by Gasteiger charge is -2.37. The van der Waals surface area contributed by atoms with Crippen molar-refractivity contribution in [3.8, 4) is 0 Å². The molecular weight excluding hydrogens is 346 g/mol. The van der Waals surface area contributed by atoms with Crippen molar-refractivity contribution in [1.29, 1.82) is 0 Å². The van der Waals surface area contributed by atoms with Gasteiger partial charge in [-0.2, -0.15) is 0 Å². The van der Waals surface area contributed by atoms with Gasteiger partial charge < -0.3 is 9.64 Å². The van der Waals surface area contributed by atoms with E-state index in [1.807, 2.05) is 25.7 Å². The first-order valence-electron chi connectivity index (χ1n) is 12.4. The number of rotatable bonds is 14. The predicted molar refractivity (Wildman–Crippen MR) is 121 cm³/mol. The van der Waals surface area contributed by atoms with Crippen molar-refractivity contribution < 1.29 is 9.53 Å². The highest BCUT2D eigenvalue weighted by Crippen LogP contribution is 2.24. The molecule has 166 valence electrons. The van der Waals surface area contributed by atoms with Crippen LogP contribution in [0.4, 0.5) is 4.79 Å². The second-order valence-corrected chi connectivity index (χ2v) is 9.85. The van der Waals surface area contributed by atoms with Crippen LogP contribution in [0.25, 0.3) is 0 Å². The molecule has 0 radical (unpaired) electrons. The summed E-state index contributed by atoms with van der Waals surface area (Å²) in [5, 5.41) is 0. The van der Waals surface area contributed by atoms with Crippen LogP contribution in [-0.4, -0.2) is 29.2 Å². The number of piperidine rings is 1. The second kappa shape index (κ2) is 15.2. The Labute approximate surface area is 176 Å². The number of amides is 1. The lowest BCUT2D eigenvalue weighted by molar-refractivity contribution is 0.00858. The van der Waals surface area contributed by atoms with E-state index in [2.05, 4.69) is 6.92 Å². The van der Waals surface area contributed by atoms with Crippen molar-refractivity contribution in [2.75, 3.05) is 6.54 Å². The molecule has 3 heteroatoms. The summed E-state index contributed by atoms with van der Waals surface area (Å²) < 4.78 is 5.61. The Hall–Kier alpha value is -0.730. The molecule has 0 aliphatic carbocycles. The smallest absolute Gasteiger partial charge is 0.410 e. The highest BCUT2D eigenvalue weighted by molar-refractivity contribution is 5.68. The first kappa shape index (κ1) is 25.3. The third-order valence-electron chi connectivity index (χ3n) is 5.90. The molecule has 1 saturated heterocycles. The molecule has 1 atom stereocenters. The van der Waals surface area contributed by atoms with Gasteiger partial charge in [0.05, 0.1) is 0 Å². The minimum atomic E-state index is -0.394. The zero-order valence-corrected chi connectivity index (χ0v) is 19.6. The number of hydrogen-bond donors (Lipinski definition) is 0. The van der Waals surface area contributed by atoms with Gasteiger partial charge in [0.2, 0.25) is 0 Å². The van der Waals surface area contributed by atoms with Gasteiger partial charge in [-0.15, -0.1) is 0 Å². The van der Waals surface area contributed by atoms with Crippen LogP contribution in [0.2, 0.25) is 0 Å². The van der Waals surface area contributed by atoms with E-state index in [-0.39, 0.29) is 6.09 Å². The van der Waals surface area contributed by atoms with Gasteiger partial charge >= 0.3 is 6.09 Å². The van der Waals surface area contributed by atoms with Crippen molar-refractivity contribution in [3.63, 3.8) is 0 Å². The molecule has 1 heterocycles. The van der Waals surface area contributed by atoms with Gasteiger partial charge in [-0.1, -0.05) is 90.4 Å². The Balaban J connectivity index is 2.03. The third-order valence-corrected chi connectivity index (χ3v) is 5.90. The molecule has 0 aromatic rings. The number of nitrogens with zero attached hydrogens (tertiary/aromatic N) is 1. The summed E-state index contributed by atoms with van der Waals surface area (Å²) in [6, 6.07) is 0.399. The van der Waals surface area contributed by atoms with Crippen LogP contribution in [0.15, 0.2) is 0 Å². The average Bonchev–Trinajstić information content (AvgIpc) is 2.64. The standard InChI is InChI=1S/C25H49NO2/c1-5-6-7-8-9-10-11-12-13-14-15-16-17-20-23-21-18-19-22-26(23)24(27)28-25(2,3)4/h23H,5-22H2,1-4H3/t23-/m1/s1. The van der Waals surface area contributed by atoms with Gasteiger partial charge in [-0.25, -0.2) is 4.79 Å². The van der Waals surface area contributed by atoms with E-state index < -0.39 is 5.60 Å². The Morgan fingerprint density at radius 2 is 1.32 bits per heavy atom. The van der Waals surface area contributed by atoms with E-state index in [1.54, 1.807) is 0 Å². The van der Waals surface area contributed by atoms with Gasteiger partial charge in [0.25, 0.3) is 0 Å². The van der Waals surface area contributed by atoms with Crippen LogP contribution < -0.4 is 0 Å². The second-order valence-electron chi connectivity index (χ2n) is 9.85. The van der Waals surface area contributed by atoms with Gasteiger partial charge in [-0.05, 0) is 46.5 Å². The van der Waals surface area contributed by atoms with Gasteiger partial charge in [0.15, 0.2) is 0 Å². The summed E-state index contributed by atoms with van der Waals surface area (Å²) in [5.41, 5.74) is -0.394. The maximum atomic E-state index is 12.5. The third kappa shape index (κ3) is 12.7. The highest BCUT2D eigenvalue weighted by Gasteiger charge is 2.29. The summed E-state index contributed by atoms with van der Waals surface area (Å²) in [4.78, 5) is 14.5. The van der Waals surface area contributed by atoms with E-state index in [1.165, 1.54) is 89.9 Å². The molecule has 1 aliphatic rings. The number of carbonyl (C=O) groups is 1. The zero-order chi connectivity index (χ0) is 20.7. The molecule has 0 bridgehead atoms. The van der Waals surface area contributed by atoms with E-state index in [9.17, 15) is 4.79 Å². The molecule has 0 N–H and O–H groups in total. The first-order valence-corrected chi connectivity index (χ1v) is 12.4. The minimum absolute atomic E-state index is 0.105. The van der Waals surface area contributed by atoms with Crippen LogP contribution in [0.1, 0.15) is 137 Å². The van der Waals surface area contributed by atoms with Crippen molar-refractivity contribution in [1.82, 2.24) is 4.90 Å². The monoisotopic (exact) mass is 395 g/mol. The molecule has 28 heavy (non-hydrogen) atoms. The molecule has 0 saturated carbocycles. The number of ether oxygens (including phenoxy) is 1. The van der Waals surface area contributed by atoms with Crippen molar-refractivity contribution in [3.05, 3.63) is 0 Å². The normalized spacial score (nSPS) is 17.7. The fourth-order valence-electron chi connectivity index (χ4n) is 4.26. The highest BCUT2D eigenvalue weighted by atomic mass is 16.6. The average molecular weight is 396 g/mol. The summed E-state index contributed by atoms with van der Waals surface area (Å²) in [7, 11) is 0. The van der Waals surface area contributed by atoms with Crippen LogP contribution in [0.3, 0.4) is 0 Å². The largest absolute Gasteiger partial charge is 0.444 e. The summed E-state index contributed by atoms with van der Waals surface area (Å²) in [5.74, 6) is 0. The van der Waals surface area contributed by atoms with Gasteiger partial charge in [0, 0.05) is 12.6 Å². The fraction of sp³-hybridized carbons (Fsp3) is 0.960. The van der Waals surface area contributed by atoms with Crippen LogP contribution in [0.5, 0.6) is 0 Å². The molecular formula is C25H49NO2. The summed E-state index contributed by atoms with van der Waals surface area (Å²) >= 11 is 0. The Bertz CT molecular complexity index is 388. The Morgan fingerprint density at radius 1 is 0.821 bits per heavy atom. The maximum Gasteiger partial charge on any atom is 0.410 e. The van der Waals surface area contributed by atoms with E-state index >= 15 is 0 Å². The molecule has 3 nitrogen and oxygen atoms in total. The van der Waals surface area contributed by atoms with Gasteiger partial charge in [0.1, 0.15) is 5.60 Å². The van der Waals surface area contributed by atoms with Crippen molar-refractivity contribution in [2.45, 2.75) is 148 Å². The maximum absolute atomic E-state index is 12.5. The van der Waals surface area contributed by atoms with Gasteiger partial charge in [-0.3, -0.25) is 0 Å². The summed E-state index contributed by atoms with van der Waals surface area (Å²) in [6.07, 6.45) is 22.6. The Kier molecular flexibility index (Phi) is 13.7. The molecule has 1 rings (SSSR count). The van der Waals surface area contributed by atoms with E-state index in [0.717, 1.165) is 25.8 Å². The quantitative estimate of drug-likeness (QED) is 0.277.